The Kier molecular flexibility index (Phi) is 3.81. The maximum absolute atomic E-state index is 11.0. The molecule has 2 N–H and O–H groups in total. The van der Waals surface area contributed by atoms with Crippen molar-refractivity contribution in [1.82, 2.24) is 0 Å². The van der Waals surface area contributed by atoms with Crippen molar-refractivity contribution in [3.8, 4) is 0 Å². The number of anilines is 1. The highest BCUT2D eigenvalue weighted by molar-refractivity contribution is 5.63. The number of aliphatic hydroxyl groups is 1. The minimum atomic E-state index is -0.363. The summed E-state index contributed by atoms with van der Waals surface area (Å²) in [7, 11) is 0. The zero-order valence-electron chi connectivity index (χ0n) is 10.4. The molecule has 0 bridgehead atoms. The van der Waals surface area contributed by atoms with Crippen molar-refractivity contribution < 1.29 is 10.0 Å². The van der Waals surface area contributed by atoms with Crippen molar-refractivity contribution in [2.75, 3.05) is 11.9 Å². The van der Waals surface area contributed by atoms with Gasteiger partial charge in [-0.05, 0) is 31.4 Å². The van der Waals surface area contributed by atoms with Gasteiger partial charge in [0.2, 0.25) is 0 Å². The number of aryl methyl sites for hydroxylation is 1. The van der Waals surface area contributed by atoms with Crippen molar-refractivity contribution in [3.05, 3.63) is 33.9 Å². The first kappa shape index (κ1) is 12.8. The van der Waals surface area contributed by atoms with Crippen LogP contribution in [0.15, 0.2) is 18.2 Å². The second-order valence-electron chi connectivity index (χ2n) is 4.90. The summed E-state index contributed by atoms with van der Waals surface area (Å²) in [4.78, 5) is 10.7. The highest BCUT2D eigenvalue weighted by Crippen LogP contribution is 2.32. The minimum absolute atomic E-state index is 0.110. The number of nitro groups is 1. The van der Waals surface area contributed by atoms with E-state index in [1.807, 2.05) is 13.0 Å². The van der Waals surface area contributed by atoms with E-state index in [1.54, 1.807) is 12.1 Å². The molecule has 0 radical (unpaired) electrons. The molecule has 5 heteroatoms. The summed E-state index contributed by atoms with van der Waals surface area (Å²) < 4.78 is 0. The smallest absolute Gasteiger partial charge is 0.292 e. The van der Waals surface area contributed by atoms with Crippen LogP contribution in [0.2, 0.25) is 0 Å². The normalized spacial score (nSPS) is 23.0. The van der Waals surface area contributed by atoms with E-state index in [0.717, 1.165) is 24.8 Å². The number of nitro benzene ring substituents is 1. The zero-order chi connectivity index (χ0) is 13.1. The fraction of sp³-hybridized carbons (Fsp3) is 0.538. The summed E-state index contributed by atoms with van der Waals surface area (Å²) in [5.74, 6) is 0.200. The van der Waals surface area contributed by atoms with Crippen LogP contribution >= 0.6 is 0 Å². The maximum Gasteiger partial charge on any atom is 0.292 e. The van der Waals surface area contributed by atoms with Gasteiger partial charge in [0.15, 0.2) is 0 Å². The van der Waals surface area contributed by atoms with Crippen LogP contribution < -0.4 is 5.32 Å². The first-order valence-electron chi connectivity index (χ1n) is 6.24. The van der Waals surface area contributed by atoms with Crippen molar-refractivity contribution in [3.63, 3.8) is 0 Å². The first-order valence-corrected chi connectivity index (χ1v) is 6.24. The molecule has 18 heavy (non-hydrogen) atoms. The standard InChI is InChI=1S/C13H18N2O3/c1-9-5-6-12(13(7-9)15(17)18)14-11-4-2-3-10(11)8-16/h5-7,10-11,14,16H,2-4,8H2,1H3. The van der Waals surface area contributed by atoms with E-state index < -0.39 is 0 Å². The summed E-state index contributed by atoms with van der Waals surface area (Å²) in [5.41, 5.74) is 1.53. The summed E-state index contributed by atoms with van der Waals surface area (Å²) in [6.07, 6.45) is 2.99. The number of hydrogen-bond acceptors (Lipinski definition) is 4. The molecule has 0 saturated heterocycles. The highest BCUT2D eigenvalue weighted by atomic mass is 16.6. The molecule has 0 heterocycles. The molecule has 2 atom stereocenters. The van der Waals surface area contributed by atoms with Crippen molar-refractivity contribution >= 4 is 11.4 Å². The predicted octanol–water partition coefficient (Wildman–Crippen LogP) is 2.48. The lowest BCUT2D eigenvalue weighted by Crippen LogP contribution is -2.26. The number of aliphatic hydroxyl groups excluding tert-OH is 1. The molecule has 2 rings (SSSR count). The van der Waals surface area contributed by atoms with Crippen LogP contribution in [-0.4, -0.2) is 22.7 Å². The molecule has 1 aromatic carbocycles. The lowest BCUT2D eigenvalue weighted by Gasteiger charge is -2.20. The average Bonchev–Trinajstić information content (AvgIpc) is 2.78. The van der Waals surface area contributed by atoms with Gasteiger partial charge >= 0.3 is 0 Å². The van der Waals surface area contributed by atoms with E-state index in [1.165, 1.54) is 0 Å². The molecule has 5 nitrogen and oxygen atoms in total. The van der Waals surface area contributed by atoms with Crippen LogP contribution in [0, 0.1) is 23.0 Å². The Balaban J connectivity index is 2.20. The predicted molar refractivity (Wildman–Crippen MR) is 69.7 cm³/mol. The van der Waals surface area contributed by atoms with E-state index in [9.17, 15) is 15.2 Å². The number of nitrogens with zero attached hydrogens (tertiary/aromatic N) is 1. The van der Waals surface area contributed by atoms with Gasteiger partial charge in [0.1, 0.15) is 5.69 Å². The Morgan fingerprint density at radius 3 is 2.94 bits per heavy atom. The van der Waals surface area contributed by atoms with Crippen LogP contribution in [0.1, 0.15) is 24.8 Å². The van der Waals surface area contributed by atoms with Crippen LogP contribution in [0.25, 0.3) is 0 Å². The molecule has 1 aliphatic carbocycles. The molecular weight excluding hydrogens is 232 g/mol. The third-order valence-electron chi connectivity index (χ3n) is 3.58. The highest BCUT2D eigenvalue weighted by Gasteiger charge is 2.28. The zero-order valence-corrected chi connectivity index (χ0v) is 10.4. The van der Waals surface area contributed by atoms with Gasteiger partial charge in [-0.2, -0.15) is 0 Å². The molecule has 98 valence electrons. The number of hydrogen-bond donors (Lipinski definition) is 2. The van der Waals surface area contributed by atoms with Crippen molar-refractivity contribution in [2.45, 2.75) is 32.2 Å². The van der Waals surface area contributed by atoms with Gasteiger partial charge in [-0.3, -0.25) is 10.1 Å². The Morgan fingerprint density at radius 2 is 2.28 bits per heavy atom. The molecule has 1 fully saturated rings. The first-order chi connectivity index (χ1) is 8.61. The number of benzene rings is 1. The quantitative estimate of drug-likeness (QED) is 0.636. The molecule has 1 aliphatic rings. The summed E-state index contributed by atoms with van der Waals surface area (Å²) in [6.45, 7) is 1.97. The van der Waals surface area contributed by atoms with Gasteiger partial charge in [0, 0.05) is 24.6 Å². The Bertz CT molecular complexity index is 448. The maximum atomic E-state index is 11.0. The van der Waals surface area contributed by atoms with Crippen molar-refractivity contribution in [1.29, 1.82) is 0 Å². The topological polar surface area (TPSA) is 75.4 Å². The van der Waals surface area contributed by atoms with Gasteiger partial charge in [-0.1, -0.05) is 12.5 Å². The number of nitrogens with one attached hydrogen (secondary N) is 1. The van der Waals surface area contributed by atoms with Crippen LogP contribution in [-0.2, 0) is 0 Å². The molecule has 2 unspecified atom stereocenters. The Labute approximate surface area is 106 Å². The monoisotopic (exact) mass is 250 g/mol. The van der Waals surface area contributed by atoms with Crippen LogP contribution in [0.5, 0.6) is 0 Å². The third-order valence-corrected chi connectivity index (χ3v) is 3.58. The van der Waals surface area contributed by atoms with E-state index in [4.69, 9.17) is 0 Å². The second kappa shape index (κ2) is 5.35. The third kappa shape index (κ3) is 2.61. The van der Waals surface area contributed by atoms with Crippen LogP contribution in [0.4, 0.5) is 11.4 Å². The minimum Gasteiger partial charge on any atom is -0.396 e. The van der Waals surface area contributed by atoms with Gasteiger partial charge in [0.05, 0.1) is 4.92 Å². The van der Waals surface area contributed by atoms with Gasteiger partial charge < -0.3 is 10.4 Å². The average molecular weight is 250 g/mol. The summed E-state index contributed by atoms with van der Waals surface area (Å²) >= 11 is 0. The van der Waals surface area contributed by atoms with Crippen molar-refractivity contribution in [2.24, 2.45) is 5.92 Å². The summed E-state index contributed by atoms with van der Waals surface area (Å²) in [5, 5.41) is 23.5. The van der Waals surface area contributed by atoms with E-state index in [-0.39, 0.29) is 29.2 Å². The molecule has 0 amide bonds. The van der Waals surface area contributed by atoms with Gasteiger partial charge in [0.25, 0.3) is 5.69 Å². The number of rotatable bonds is 4. The second-order valence-corrected chi connectivity index (χ2v) is 4.90. The van der Waals surface area contributed by atoms with Gasteiger partial charge in [-0.15, -0.1) is 0 Å². The van der Waals surface area contributed by atoms with E-state index >= 15 is 0 Å². The molecule has 0 aromatic heterocycles. The molecule has 0 aliphatic heterocycles. The SMILES string of the molecule is Cc1ccc(NC2CCCC2CO)c([N+](=O)[O-])c1. The molecular formula is C13H18N2O3. The lowest BCUT2D eigenvalue weighted by atomic mass is 10.0. The summed E-state index contributed by atoms with van der Waals surface area (Å²) in [6, 6.07) is 5.32. The van der Waals surface area contributed by atoms with Gasteiger partial charge in [-0.25, -0.2) is 0 Å². The van der Waals surface area contributed by atoms with E-state index in [2.05, 4.69) is 5.32 Å². The molecule has 0 spiro atoms. The molecule has 1 saturated carbocycles. The fourth-order valence-electron chi connectivity index (χ4n) is 2.56. The largest absolute Gasteiger partial charge is 0.396 e. The Morgan fingerprint density at radius 1 is 1.50 bits per heavy atom. The Hall–Kier alpha value is -1.62. The lowest BCUT2D eigenvalue weighted by molar-refractivity contribution is -0.384. The molecule has 1 aromatic rings. The van der Waals surface area contributed by atoms with Crippen LogP contribution in [0.3, 0.4) is 0 Å². The fourth-order valence-corrected chi connectivity index (χ4v) is 2.56. The van der Waals surface area contributed by atoms with E-state index in [0.29, 0.717) is 5.69 Å².